The first-order valence-corrected chi connectivity index (χ1v) is 9.03. The van der Waals surface area contributed by atoms with Gasteiger partial charge in [0.1, 0.15) is 11.5 Å². The fraction of sp³-hybridized carbons (Fsp3) is 0.0714. The molecule has 0 aliphatic heterocycles. The molecule has 0 amide bonds. The Morgan fingerprint density at radius 2 is 1.26 bits per heavy atom. The lowest BCUT2D eigenvalue weighted by molar-refractivity contribution is 0.491. The molecule has 0 saturated heterocycles. The van der Waals surface area contributed by atoms with E-state index in [0.29, 0.717) is 17.7 Å². The van der Waals surface area contributed by atoms with Crippen molar-refractivity contribution in [1.29, 1.82) is 0 Å². The van der Waals surface area contributed by atoms with Gasteiger partial charge in [-0.2, -0.15) is 0 Å². The quantitative estimate of drug-likeness (QED) is 0.579. The molecule has 0 N–H and O–H groups in total. The molecule has 2 aromatic carbocycles. The number of rotatable bonds is 6. The molecule has 2 rings (SSSR count). The van der Waals surface area contributed by atoms with Crippen LogP contribution in [-0.2, 0) is 11.8 Å². The molecular weight excluding hydrogens is 295 g/mol. The first kappa shape index (κ1) is 14.2. The predicted octanol–water partition coefficient (Wildman–Crippen LogP) is 4.45. The van der Waals surface area contributed by atoms with Gasteiger partial charge in [-0.25, -0.2) is 0 Å². The Hall–Kier alpha value is -1.22. The first-order valence-electron chi connectivity index (χ1n) is 5.74. The molecule has 0 bridgehead atoms. The largest absolute Gasteiger partial charge is 0.435 e. The smallest absolute Gasteiger partial charge is 0.292 e. The standard InChI is InChI=1S/C14H13O2PS2/c18-12-11-17(19,15-13-7-3-1-4-8-13)16-14-9-5-2-6-10-14/h1-10,12H,11H2. The maximum atomic E-state index is 5.85. The molecule has 19 heavy (non-hydrogen) atoms. The summed E-state index contributed by atoms with van der Waals surface area (Å²) >= 11 is 10.4. The lowest BCUT2D eigenvalue weighted by atomic mass is 10.3. The van der Waals surface area contributed by atoms with Crippen molar-refractivity contribution in [3.63, 3.8) is 0 Å². The van der Waals surface area contributed by atoms with Crippen LogP contribution in [0.4, 0.5) is 0 Å². The van der Waals surface area contributed by atoms with Crippen LogP contribution in [0.15, 0.2) is 60.7 Å². The number of benzene rings is 2. The van der Waals surface area contributed by atoms with E-state index in [1.54, 1.807) is 5.37 Å². The van der Waals surface area contributed by atoms with Gasteiger partial charge in [-0.05, 0) is 41.4 Å². The van der Waals surface area contributed by atoms with Crippen LogP contribution in [0.2, 0.25) is 0 Å². The Morgan fingerprint density at radius 3 is 1.63 bits per heavy atom. The van der Waals surface area contributed by atoms with Crippen LogP contribution in [0.1, 0.15) is 0 Å². The van der Waals surface area contributed by atoms with Crippen LogP contribution in [0.5, 0.6) is 11.5 Å². The maximum absolute atomic E-state index is 5.85. The van der Waals surface area contributed by atoms with Gasteiger partial charge in [0.05, 0.1) is 6.16 Å². The van der Waals surface area contributed by atoms with Gasteiger partial charge in [-0.15, -0.1) is 0 Å². The Bertz CT molecular complexity index is 527. The zero-order valence-electron chi connectivity index (χ0n) is 10.1. The van der Waals surface area contributed by atoms with E-state index in [-0.39, 0.29) is 0 Å². The van der Waals surface area contributed by atoms with Gasteiger partial charge in [0.15, 0.2) is 0 Å². The third-order valence-corrected chi connectivity index (χ3v) is 5.19. The average molecular weight is 308 g/mol. The van der Waals surface area contributed by atoms with Crippen molar-refractivity contribution in [3.05, 3.63) is 60.7 Å². The number of hydrogen-bond donors (Lipinski definition) is 0. The van der Waals surface area contributed by atoms with E-state index < -0.39 is 6.49 Å². The average Bonchev–Trinajstić information content (AvgIpc) is 2.41. The predicted molar refractivity (Wildman–Crippen MR) is 86.9 cm³/mol. The molecule has 2 aromatic rings. The van der Waals surface area contributed by atoms with Crippen LogP contribution in [0.3, 0.4) is 0 Å². The summed E-state index contributed by atoms with van der Waals surface area (Å²) in [6, 6.07) is 18.9. The highest BCUT2D eigenvalue weighted by Crippen LogP contribution is 2.48. The maximum Gasteiger partial charge on any atom is 0.292 e. The summed E-state index contributed by atoms with van der Waals surface area (Å²) < 4.78 is 11.7. The van der Waals surface area contributed by atoms with Gasteiger partial charge in [0, 0.05) is 0 Å². The van der Waals surface area contributed by atoms with Crippen LogP contribution >= 0.6 is 18.7 Å². The summed E-state index contributed by atoms with van der Waals surface area (Å²) in [6.07, 6.45) is 0.446. The van der Waals surface area contributed by atoms with Gasteiger partial charge < -0.3 is 9.05 Å². The van der Waals surface area contributed by atoms with Crippen molar-refractivity contribution in [1.82, 2.24) is 0 Å². The van der Waals surface area contributed by atoms with Crippen LogP contribution in [0.25, 0.3) is 0 Å². The van der Waals surface area contributed by atoms with Crippen molar-refractivity contribution >= 4 is 35.9 Å². The molecule has 0 atom stereocenters. The van der Waals surface area contributed by atoms with E-state index in [1.807, 2.05) is 60.7 Å². The molecular formula is C14H13O2PS2. The first-order chi connectivity index (χ1) is 9.22. The van der Waals surface area contributed by atoms with E-state index in [0.717, 1.165) is 0 Å². The zero-order chi connectivity index (χ0) is 13.6. The lowest BCUT2D eigenvalue weighted by Crippen LogP contribution is -2.05. The topological polar surface area (TPSA) is 18.5 Å². The highest BCUT2D eigenvalue weighted by molar-refractivity contribution is 8.10. The molecule has 98 valence electrons. The third-order valence-electron chi connectivity index (χ3n) is 2.27. The Labute approximate surface area is 123 Å². The fourth-order valence-electron chi connectivity index (χ4n) is 1.47. The van der Waals surface area contributed by atoms with E-state index in [9.17, 15) is 0 Å². The lowest BCUT2D eigenvalue weighted by Gasteiger charge is -2.22. The van der Waals surface area contributed by atoms with E-state index in [2.05, 4.69) is 0 Å². The minimum Gasteiger partial charge on any atom is -0.435 e. The molecule has 2 nitrogen and oxygen atoms in total. The van der Waals surface area contributed by atoms with Crippen LogP contribution in [-0.4, -0.2) is 11.5 Å². The van der Waals surface area contributed by atoms with Crippen molar-refractivity contribution in [2.45, 2.75) is 0 Å². The van der Waals surface area contributed by atoms with Gasteiger partial charge >= 0.3 is 0 Å². The van der Waals surface area contributed by atoms with Gasteiger partial charge in [-0.3, -0.25) is 0 Å². The van der Waals surface area contributed by atoms with Crippen molar-refractivity contribution < 1.29 is 9.05 Å². The Morgan fingerprint density at radius 1 is 0.842 bits per heavy atom. The van der Waals surface area contributed by atoms with Crippen molar-refractivity contribution in [2.75, 3.05) is 6.16 Å². The molecule has 0 heterocycles. The molecule has 0 fully saturated rings. The molecule has 0 aliphatic carbocycles. The monoisotopic (exact) mass is 308 g/mol. The molecule has 0 aliphatic rings. The highest BCUT2D eigenvalue weighted by atomic mass is 32.5. The van der Waals surface area contributed by atoms with E-state index >= 15 is 0 Å². The van der Waals surface area contributed by atoms with Gasteiger partial charge in [-0.1, -0.05) is 48.6 Å². The van der Waals surface area contributed by atoms with E-state index in [1.165, 1.54) is 0 Å². The number of thiocarbonyl (C=S) groups is 1. The molecule has 0 aromatic heterocycles. The SMILES string of the molecule is S=CCP(=S)(Oc1ccccc1)Oc1ccccc1. The van der Waals surface area contributed by atoms with Gasteiger partial charge in [0.2, 0.25) is 0 Å². The number of para-hydroxylation sites is 2. The Balaban J connectivity index is 2.18. The second-order valence-electron chi connectivity index (χ2n) is 3.77. The van der Waals surface area contributed by atoms with Crippen LogP contribution in [0, 0.1) is 0 Å². The van der Waals surface area contributed by atoms with Crippen molar-refractivity contribution in [2.24, 2.45) is 0 Å². The molecule has 0 radical (unpaired) electrons. The minimum absolute atomic E-state index is 0.446. The van der Waals surface area contributed by atoms with Crippen molar-refractivity contribution in [3.8, 4) is 11.5 Å². The fourth-order valence-corrected chi connectivity index (χ4v) is 4.33. The summed E-state index contributed by atoms with van der Waals surface area (Å²) in [6.45, 7) is -2.49. The normalized spacial score (nSPS) is 10.7. The minimum atomic E-state index is -2.49. The molecule has 5 heteroatoms. The second-order valence-corrected chi connectivity index (χ2v) is 7.72. The Kier molecular flexibility index (Phi) is 5.08. The summed E-state index contributed by atoms with van der Waals surface area (Å²) in [5.41, 5.74) is 0. The molecule has 0 saturated carbocycles. The summed E-state index contributed by atoms with van der Waals surface area (Å²) in [5.74, 6) is 1.41. The summed E-state index contributed by atoms with van der Waals surface area (Å²) in [5, 5.41) is 1.58. The van der Waals surface area contributed by atoms with E-state index in [4.69, 9.17) is 33.1 Å². The van der Waals surface area contributed by atoms with Crippen LogP contribution < -0.4 is 9.05 Å². The number of hydrogen-bond acceptors (Lipinski definition) is 4. The zero-order valence-corrected chi connectivity index (χ0v) is 12.7. The second kappa shape index (κ2) is 6.80. The molecule has 0 spiro atoms. The van der Waals surface area contributed by atoms with Gasteiger partial charge in [0.25, 0.3) is 6.49 Å². The summed E-state index contributed by atoms with van der Waals surface area (Å²) in [4.78, 5) is 0. The highest BCUT2D eigenvalue weighted by Gasteiger charge is 2.21. The third kappa shape index (κ3) is 4.43. The summed E-state index contributed by atoms with van der Waals surface area (Å²) in [7, 11) is 0. The molecule has 0 unspecified atom stereocenters.